The second kappa shape index (κ2) is 7.08. The minimum Gasteiger partial charge on any atom is -0.339 e. The number of aromatic amines is 1. The van der Waals surface area contributed by atoms with Crippen LogP contribution in [0.25, 0.3) is 22.2 Å². The third-order valence-electron chi connectivity index (χ3n) is 3.94. The van der Waals surface area contributed by atoms with Crippen LogP contribution in [0.4, 0.5) is 11.5 Å². The Hall–Kier alpha value is -3.39. The predicted molar refractivity (Wildman–Crippen MR) is 105 cm³/mol. The predicted octanol–water partition coefficient (Wildman–Crippen LogP) is 2.86. The van der Waals surface area contributed by atoms with Gasteiger partial charge in [0, 0.05) is 29.9 Å². The molecule has 0 fully saturated rings. The van der Waals surface area contributed by atoms with Crippen LogP contribution in [-0.4, -0.2) is 30.4 Å². The van der Waals surface area contributed by atoms with Crippen molar-refractivity contribution in [3.8, 4) is 11.3 Å². The highest BCUT2D eigenvalue weighted by molar-refractivity contribution is 7.84. The minimum atomic E-state index is -1.38. The van der Waals surface area contributed by atoms with Gasteiger partial charge >= 0.3 is 0 Å². The molecule has 27 heavy (non-hydrogen) atoms. The van der Waals surface area contributed by atoms with Crippen LogP contribution >= 0.6 is 0 Å². The SMILES string of the molecule is CS(=O)c1nc(Nc2cccc(-c3ccccn3)c2)c2c(=O)[nH]ccc2n1. The van der Waals surface area contributed by atoms with Gasteiger partial charge < -0.3 is 10.3 Å². The van der Waals surface area contributed by atoms with Crippen molar-refractivity contribution in [2.45, 2.75) is 5.16 Å². The van der Waals surface area contributed by atoms with Crippen molar-refractivity contribution in [1.29, 1.82) is 0 Å². The molecule has 4 rings (SSSR count). The standard InChI is InChI=1S/C19H15N5O2S/c1-27(26)19-23-15-8-10-21-18(25)16(15)17(24-19)22-13-6-4-5-12(11-13)14-7-2-3-9-20-14/h2-11H,1H3,(H,21,25)(H,22,23,24). The zero-order valence-corrected chi connectivity index (χ0v) is 15.2. The van der Waals surface area contributed by atoms with Gasteiger partial charge in [0.2, 0.25) is 5.16 Å². The summed E-state index contributed by atoms with van der Waals surface area (Å²) in [6.45, 7) is 0. The second-order valence-electron chi connectivity index (χ2n) is 5.80. The summed E-state index contributed by atoms with van der Waals surface area (Å²) >= 11 is 0. The van der Waals surface area contributed by atoms with Gasteiger partial charge in [-0.1, -0.05) is 18.2 Å². The molecule has 0 amide bonds. The van der Waals surface area contributed by atoms with E-state index in [9.17, 15) is 9.00 Å². The molecule has 0 radical (unpaired) electrons. The molecule has 3 aromatic heterocycles. The Morgan fingerprint density at radius 1 is 1.07 bits per heavy atom. The lowest BCUT2D eigenvalue weighted by molar-refractivity contribution is 0.680. The van der Waals surface area contributed by atoms with E-state index < -0.39 is 10.8 Å². The van der Waals surface area contributed by atoms with Gasteiger partial charge in [-0.15, -0.1) is 0 Å². The first-order chi connectivity index (χ1) is 13.1. The van der Waals surface area contributed by atoms with Crippen molar-refractivity contribution in [1.82, 2.24) is 19.9 Å². The van der Waals surface area contributed by atoms with Crippen molar-refractivity contribution >= 4 is 33.2 Å². The van der Waals surface area contributed by atoms with Crippen LogP contribution in [0.2, 0.25) is 0 Å². The Kier molecular flexibility index (Phi) is 4.47. The fourth-order valence-corrected chi connectivity index (χ4v) is 3.16. The summed E-state index contributed by atoms with van der Waals surface area (Å²) in [5, 5.41) is 3.64. The molecule has 8 heteroatoms. The van der Waals surface area contributed by atoms with E-state index in [0.717, 1.165) is 16.9 Å². The Balaban J connectivity index is 1.82. The zero-order chi connectivity index (χ0) is 18.8. The van der Waals surface area contributed by atoms with Crippen LogP contribution in [0, 0.1) is 0 Å². The number of rotatable bonds is 4. The molecule has 0 aliphatic heterocycles. The van der Waals surface area contributed by atoms with Crippen molar-refractivity contribution < 1.29 is 4.21 Å². The van der Waals surface area contributed by atoms with Crippen molar-refractivity contribution in [2.24, 2.45) is 0 Å². The Morgan fingerprint density at radius 2 is 1.96 bits per heavy atom. The van der Waals surface area contributed by atoms with E-state index in [0.29, 0.717) is 16.7 Å². The number of aromatic nitrogens is 4. The first-order valence-corrected chi connectivity index (χ1v) is 9.69. The highest BCUT2D eigenvalue weighted by Crippen LogP contribution is 2.25. The first kappa shape index (κ1) is 17.0. The minimum absolute atomic E-state index is 0.163. The molecule has 2 N–H and O–H groups in total. The quantitative estimate of drug-likeness (QED) is 0.531. The van der Waals surface area contributed by atoms with Crippen molar-refractivity contribution in [3.05, 3.63) is 71.3 Å². The fourth-order valence-electron chi connectivity index (χ4n) is 2.72. The number of anilines is 2. The number of hydrogen-bond acceptors (Lipinski definition) is 6. The maximum Gasteiger partial charge on any atom is 0.261 e. The molecular weight excluding hydrogens is 362 g/mol. The molecule has 7 nitrogen and oxygen atoms in total. The van der Waals surface area contributed by atoms with Crippen LogP contribution in [0.3, 0.4) is 0 Å². The maximum atomic E-state index is 12.3. The second-order valence-corrected chi connectivity index (χ2v) is 7.07. The molecule has 3 heterocycles. The van der Waals surface area contributed by atoms with Gasteiger partial charge in [-0.3, -0.25) is 14.0 Å². The van der Waals surface area contributed by atoms with Crippen LogP contribution in [0.15, 0.2) is 70.9 Å². The van der Waals surface area contributed by atoms with Crippen molar-refractivity contribution in [3.63, 3.8) is 0 Å². The molecule has 0 saturated heterocycles. The molecular formula is C19H15N5O2S. The number of hydrogen-bond donors (Lipinski definition) is 2. The average Bonchev–Trinajstić information content (AvgIpc) is 2.68. The number of nitrogens with one attached hydrogen (secondary N) is 2. The number of pyridine rings is 2. The lowest BCUT2D eigenvalue weighted by Gasteiger charge is -2.10. The summed E-state index contributed by atoms with van der Waals surface area (Å²) in [6, 6.07) is 15.0. The Labute approximate surface area is 157 Å². The lowest BCUT2D eigenvalue weighted by atomic mass is 10.1. The first-order valence-electron chi connectivity index (χ1n) is 8.13. The number of H-pyrrole nitrogens is 1. The lowest BCUT2D eigenvalue weighted by Crippen LogP contribution is -2.11. The van der Waals surface area contributed by atoms with E-state index in [1.54, 1.807) is 12.3 Å². The highest BCUT2D eigenvalue weighted by Gasteiger charge is 2.13. The van der Waals surface area contributed by atoms with Gasteiger partial charge in [0.25, 0.3) is 5.56 Å². The highest BCUT2D eigenvalue weighted by atomic mass is 32.2. The summed E-state index contributed by atoms with van der Waals surface area (Å²) < 4.78 is 11.9. The third kappa shape index (κ3) is 3.47. The Bertz CT molecular complexity index is 1210. The molecule has 0 bridgehead atoms. The normalized spacial score (nSPS) is 12.0. The van der Waals surface area contributed by atoms with Gasteiger partial charge in [0.15, 0.2) is 0 Å². The van der Waals surface area contributed by atoms with Gasteiger partial charge in [-0.25, -0.2) is 9.97 Å². The smallest absolute Gasteiger partial charge is 0.261 e. The van der Waals surface area contributed by atoms with E-state index >= 15 is 0 Å². The molecule has 1 aromatic carbocycles. The van der Waals surface area contributed by atoms with Gasteiger partial charge in [-0.05, 0) is 30.3 Å². The molecule has 0 aliphatic rings. The topological polar surface area (TPSA) is 101 Å². The Morgan fingerprint density at radius 3 is 2.74 bits per heavy atom. The van der Waals surface area contributed by atoms with Crippen LogP contribution in [0.5, 0.6) is 0 Å². The number of fused-ring (bicyclic) bond motifs is 1. The van der Waals surface area contributed by atoms with Crippen LogP contribution in [-0.2, 0) is 10.8 Å². The van der Waals surface area contributed by atoms with E-state index in [-0.39, 0.29) is 10.7 Å². The van der Waals surface area contributed by atoms with Gasteiger partial charge in [0.1, 0.15) is 11.2 Å². The summed E-state index contributed by atoms with van der Waals surface area (Å²) in [7, 11) is -1.38. The maximum absolute atomic E-state index is 12.3. The van der Waals surface area contributed by atoms with E-state index in [1.807, 2.05) is 42.5 Å². The monoisotopic (exact) mass is 377 g/mol. The molecule has 0 saturated carbocycles. The summed E-state index contributed by atoms with van der Waals surface area (Å²) in [6.07, 6.45) is 4.74. The van der Waals surface area contributed by atoms with E-state index in [1.165, 1.54) is 12.5 Å². The third-order valence-corrected chi connectivity index (χ3v) is 4.64. The average molecular weight is 377 g/mol. The fraction of sp³-hybridized carbons (Fsp3) is 0.0526. The number of nitrogens with zero attached hydrogens (tertiary/aromatic N) is 3. The molecule has 0 spiro atoms. The van der Waals surface area contributed by atoms with Gasteiger partial charge in [0.05, 0.1) is 22.0 Å². The number of benzene rings is 1. The summed E-state index contributed by atoms with van der Waals surface area (Å²) in [4.78, 5) is 27.8. The summed E-state index contributed by atoms with van der Waals surface area (Å²) in [5.74, 6) is 0.310. The van der Waals surface area contributed by atoms with Crippen LogP contribution in [0.1, 0.15) is 0 Å². The molecule has 134 valence electrons. The van der Waals surface area contributed by atoms with E-state index in [2.05, 4.69) is 25.3 Å². The largest absolute Gasteiger partial charge is 0.339 e. The van der Waals surface area contributed by atoms with E-state index in [4.69, 9.17) is 0 Å². The molecule has 1 atom stereocenters. The van der Waals surface area contributed by atoms with Crippen LogP contribution < -0.4 is 10.9 Å². The zero-order valence-electron chi connectivity index (χ0n) is 14.3. The molecule has 0 aliphatic carbocycles. The van der Waals surface area contributed by atoms with Gasteiger partial charge in [-0.2, -0.15) is 0 Å². The summed E-state index contributed by atoms with van der Waals surface area (Å²) in [5.41, 5.74) is 2.61. The molecule has 4 aromatic rings. The molecule has 1 unspecified atom stereocenters. The van der Waals surface area contributed by atoms with Crippen molar-refractivity contribution in [2.75, 3.05) is 11.6 Å².